The second kappa shape index (κ2) is 7.13. The minimum atomic E-state index is 0. The van der Waals surface area contributed by atoms with Crippen LogP contribution in [-0.2, 0) is 6.42 Å². The molecule has 1 aliphatic carbocycles. The fourth-order valence-corrected chi connectivity index (χ4v) is 3.25. The number of nitrogens with two attached hydrogens (primary N) is 1. The van der Waals surface area contributed by atoms with Crippen LogP contribution in [0.1, 0.15) is 42.5 Å². The van der Waals surface area contributed by atoms with Gasteiger partial charge in [0.25, 0.3) is 0 Å². The van der Waals surface area contributed by atoms with Gasteiger partial charge in [0, 0.05) is 18.2 Å². The summed E-state index contributed by atoms with van der Waals surface area (Å²) in [5, 5.41) is 11.9. The Labute approximate surface area is 123 Å². The maximum atomic E-state index is 8.83. The zero-order chi connectivity index (χ0) is 13.1. The van der Waals surface area contributed by atoms with Gasteiger partial charge >= 0.3 is 0 Å². The zero-order valence-corrected chi connectivity index (χ0v) is 13.3. The molecule has 0 aliphatic heterocycles. The first kappa shape index (κ1) is 16.3. The Bertz CT molecular complexity index is 467. The molecule has 6 heteroatoms. The zero-order valence-electron chi connectivity index (χ0n) is 11.1. The lowest BCUT2D eigenvalue weighted by atomic mass is 10.0. The van der Waals surface area contributed by atoms with E-state index >= 15 is 0 Å². The van der Waals surface area contributed by atoms with Gasteiger partial charge in [0.05, 0.1) is 0 Å². The second-order valence-electron chi connectivity index (χ2n) is 4.65. The van der Waals surface area contributed by atoms with E-state index in [9.17, 15) is 0 Å². The molecule has 2 rings (SSSR count). The van der Waals surface area contributed by atoms with Gasteiger partial charge in [-0.25, -0.2) is 0 Å². The van der Waals surface area contributed by atoms with Crippen molar-refractivity contribution in [3.63, 3.8) is 0 Å². The topological polar surface area (TPSA) is 61.8 Å². The summed E-state index contributed by atoms with van der Waals surface area (Å²) in [6.45, 7) is 3.24. The first-order valence-corrected chi connectivity index (χ1v) is 6.81. The minimum absolute atomic E-state index is 0. The van der Waals surface area contributed by atoms with Gasteiger partial charge in [-0.3, -0.25) is 4.67 Å². The Balaban J connectivity index is 0.00000180. The molecule has 19 heavy (non-hydrogen) atoms. The molecule has 1 aliphatic rings. The van der Waals surface area contributed by atoms with Gasteiger partial charge in [-0.1, -0.05) is 39.7 Å². The van der Waals surface area contributed by atoms with E-state index in [0.29, 0.717) is 6.04 Å². The molecule has 0 fully saturated rings. The van der Waals surface area contributed by atoms with Crippen molar-refractivity contribution in [3.05, 3.63) is 34.9 Å². The number of rotatable bonds is 4. The lowest BCUT2D eigenvalue weighted by Gasteiger charge is -2.24. The largest absolute Gasteiger partial charge is 0.409 e. The average Bonchev–Trinajstić information content (AvgIpc) is 2.81. The van der Waals surface area contributed by atoms with Crippen LogP contribution in [0.2, 0.25) is 0 Å². The molecule has 1 aromatic carbocycles. The van der Waals surface area contributed by atoms with Crippen molar-refractivity contribution >= 4 is 28.7 Å². The standard InChI is InChI=1S/C13H20N3OP.H2S/c1-2-8-16(18)12-7-6-9-10(12)4-3-5-11(9)13(14)15-17;/h3-5,12,17H,2,6-8,18H2,1H3,(H2,14,15);1H2/t12-;/m0./s1. The van der Waals surface area contributed by atoms with Gasteiger partial charge in [0.1, 0.15) is 0 Å². The summed E-state index contributed by atoms with van der Waals surface area (Å²) in [5.74, 6) is 0.207. The number of hydrogen-bond donors (Lipinski definition) is 2. The molecule has 2 atom stereocenters. The molecule has 106 valence electrons. The highest BCUT2D eigenvalue weighted by molar-refractivity contribution is 7.59. The van der Waals surface area contributed by atoms with Crippen LogP contribution in [0.3, 0.4) is 0 Å². The van der Waals surface area contributed by atoms with E-state index < -0.39 is 0 Å². The van der Waals surface area contributed by atoms with E-state index in [1.54, 1.807) is 0 Å². The average molecular weight is 299 g/mol. The lowest BCUT2D eigenvalue weighted by molar-refractivity contribution is 0.318. The molecule has 3 N–H and O–H groups in total. The summed E-state index contributed by atoms with van der Waals surface area (Å²) in [4.78, 5) is 0. The third-order valence-corrected chi connectivity index (χ3v) is 4.12. The van der Waals surface area contributed by atoms with Gasteiger partial charge in [-0.05, 0) is 30.4 Å². The minimum Gasteiger partial charge on any atom is -0.409 e. The summed E-state index contributed by atoms with van der Waals surface area (Å²) in [6.07, 6.45) is 3.21. The third-order valence-electron chi connectivity index (χ3n) is 3.50. The van der Waals surface area contributed by atoms with Crippen LogP contribution in [-0.4, -0.2) is 22.3 Å². The van der Waals surface area contributed by atoms with E-state index in [1.807, 2.05) is 12.1 Å². The predicted molar refractivity (Wildman–Crippen MR) is 87.1 cm³/mol. The first-order chi connectivity index (χ1) is 8.69. The van der Waals surface area contributed by atoms with Crippen molar-refractivity contribution in [2.75, 3.05) is 6.54 Å². The molecule has 0 spiro atoms. The van der Waals surface area contributed by atoms with Crippen molar-refractivity contribution in [1.82, 2.24) is 4.67 Å². The normalized spacial score (nSPS) is 18.3. The summed E-state index contributed by atoms with van der Waals surface area (Å²) in [7, 11) is 2.82. The van der Waals surface area contributed by atoms with Crippen molar-refractivity contribution in [3.8, 4) is 0 Å². The fourth-order valence-electron chi connectivity index (χ4n) is 2.68. The number of amidine groups is 1. The maximum absolute atomic E-state index is 8.83. The van der Waals surface area contributed by atoms with Crippen LogP contribution in [0.5, 0.6) is 0 Å². The van der Waals surface area contributed by atoms with Crippen LogP contribution in [0.25, 0.3) is 0 Å². The molecule has 1 aromatic rings. The lowest BCUT2D eigenvalue weighted by Crippen LogP contribution is -2.18. The van der Waals surface area contributed by atoms with Crippen molar-refractivity contribution < 1.29 is 5.21 Å². The van der Waals surface area contributed by atoms with Crippen LogP contribution >= 0.6 is 22.9 Å². The Morgan fingerprint density at radius 2 is 2.32 bits per heavy atom. The molecular weight excluding hydrogens is 277 g/mol. The summed E-state index contributed by atoms with van der Waals surface area (Å²) >= 11 is 0. The Morgan fingerprint density at radius 1 is 1.58 bits per heavy atom. The van der Waals surface area contributed by atoms with Crippen LogP contribution in [0.15, 0.2) is 23.4 Å². The Morgan fingerprint density at radius 3 is 2.95 bits per heavy atom. The molecule has 0 bridgehead atoms. The quantitative estimate of drug-likeness (QED) is 0.295. The third kappa shape index (κ3) is 3.22. The molecule has 0 aromatic heterocycles. The van der Waals surface area contributed by atoms with Gasteiger partial charge < -0.3 is 10.9 Å². The molecule has 4 nitrogen and oxygen atoms in total. The summed E-state index contributed by atoms with van der Waals surface area (Å²) in [6, 6.07) is 6.47. The van der Waals surface area contributed by atoms with Gasteiger partial charge in [-0.2, -0.15) is 13.5 Å². The van der Waals surface area contributed by atoms with E-state index in [2.05, 4.69) is 32.2 Å². The first-order valence-electron chi connectivity index (χ1n) is 6.30. The van der Waals surface area contributed by atoms with Gasteiger partial charge in [-0.15, -0.1) is 0 Å². The molecule has 0 amide bonds. The smallest absolute Gasteiger partial charge is 0.170 e. The van der Waals surface area contributed by atoms with Crippen LogP contribution in [0, 0.1) is 0 Å². The highest BCUT2D eigenvalue weighted by atomic mass is 32.1. The number of fused-ring (bicyclic) bond motifs is 1. The number of oxime groups is 1. The van der Waals surface area contributed by atoms with E-state index in [4.69, 9.17) is 10.9 Å². The molecule has 0 saturated carbocycles. The molecule has 0 radical (unpaired) electrons. The van der Waals surface area contributed by atoms with E-state index in [-0.39, 0.29) is 19.3 Å². The Kier molecular flexibility index (Phi) is 6.11. The molecule has 0 saturated heterocycles. The number of benzene rings is 1. The van der Waals surface area contributed by atoms with Crippen LogP contribution in [0.4, 0.5) is 0 Å². The van der Waals surface area contributed by atoms with Gasteiger partial charge in [0.15, 0.2) is 5.84 Å². The van der Waals surface area contributed by atoms with Crippen molar-refractivity contribution in [1.29, 1.82) is 0 Å². The van der Waals surface area contributed by atoms with E-state index in [1.165, 1.54) is 11.1 Å². The number of nitrogens with zero attached hydrogens (tertiary/aromatic N) is 2. The molecule has 1 unspecified atom stereocenters. The van der Waals surface area contributed by atoms with Crippen molar-refractivity contribution in [2.45, 2.75) is 32.2 Å². The van der Waals surface area contributed by atoms with Crippen molar-refractivity contribution in [2.24, 2.45) is 10.9 Å². The summed E-state index contributed by atoms with van der Waals surface area (Å²) < 4.78 is 2.31. The van der Waals surface area contributed by atoms with Gasteiger partial charge in [0.2, 0.25) is 0 Å². The fraction of sp³-hybridized carbons (Fsp3) is 0.462. The monoisotopic (exact) mass is 299 g/mol. The highest BCUT2D eigenvalue weighted by Crippen LogP contribution is 2.38. The highest BCUT2D eigenvalue weighted by Gasteiger charge is 2.27. The number of hydrogen-bond acceptors (Lipinski definition) is 3. The van der Waals surface area contributed by atoms with E-state index in [0.717, 1.165) is 31.4 Å². The molecule has 0 heterocycles. The predicted octanol–water partition coefficient (Wildman–Crippen LogP) is 2.38. The maximum Gasteiger partial charge on any atom is 0.170 e. The molecular formula is C13H22N3OPS. The Hall–Kier alpha value is -0.770. The summed E-state index contributed by atoms with van der Waals surface area (Å²) in [5.41, 5.74) is 9.13. The SMILES string of the molecule is CCCN(P)[C@H]1CCc2c(C(N)=NO)cccc21.S. The van der Waals surface area contributed by atoms with Crippen LogP contribution < -0.4 is 5.73 Å². The second-order valence-corrected chi connectivity index (χ2v) is 5.31.